The SMILES string of the molecule is O=C(COc1ccc(Cl)c(F)c1)NC12CC(CC(=O)c3sccc3F)(C1)C2. The van der Waals surface area contributed by atoms with Crippen molar-refractivity contribution in [2.45, 2.75) is 31.2 Å². The lowest BCUT2D eigenvalue weighted by molar-refractivity contribution is -0.164. The molecule has 1 N–H and O–H groups in total. The molecule has 0 radical (unpaired) electrons. The molecule has 0 aliphatic heterocycles. The summed E-state index contributed by atoms with van der Waals surface area (Å²) in [4.78, 5) is 24.5. The molecule has 3 aliphatic carbocycles. The number of Topliss-reactive ketones (excluding diaryl/α,β-unsaturated/α-hetero) is 1. The highest BCUT2D eigenvalue weighted by molar-refractivity contribution is 7.12. The zero-order valence-electron chi connectivity index (χ0n) is 14.2. The van der Waals surface area contributed by atoms with E-state index >= 15 is 0 Å². The van der Waals surface area contributed by atoms with Crippen molar-refractivity contribution in [1.29, 1.82) is 0 Å². The minimum atomic E-state index is -0.609. The summed E-state index contributed by atoms with van der Waals surface area (Å²) in [5, 5.41) is 4.49. The molecule has 1 heterocycles. The van der Waals surface area contributed by atoms with Crippen molar-refractivity contribution in [2.24, 2.45) is 5.41 Å². The number of ether oxygens (including phenoxy) is 1. The molecule has 0 spiro atoms. The molecule has 27 heavy (non-hydrogen) atoms. The average Bonchev–Trinajstić information content (AvgIpc) is 2.99. The second kappa shape index (κ2) is 6.56. The van der Waals surface area contributed by atoms with Crippen LogP contribution in [0, 0.1) is 17.0 Å². The van der Waals surface area contributed by atoms with E-state index in [9.17, 15) is 18.4 Å². The number of nitrogens with one attached hydrogen (secondary N) is 1. The first-order valence-corrected chi connectivity index (χ1v) is 9.71. The lowest BCUT2D eigenvalue weighted by atomic mass is 9.38. The van der Waals surface area contributed by atoms with Crippen LogP contribution < -0.4 is 10.1 Å². The van der Waals surface area contributed by atoms with E-state index < -0.39 is 11.6 Å². The molecule has 0 atom stereocenters. The number of carbonyl (C=O) groups excluding carboxylic acids is 2. The zero-order chi connectivity index (χ0) is 19.2. The number of amides is 1. The van der Waals surface area contributed by atoms with E-state index in [-0.39, 0.29) is 44.9 Å². The molecule has 0 saturated heterocycles. The summed E-state index contributed by atoms with van der Waals surface area (Å²) in [7, 11) is 0. The molecular weight excluding hydrogens is 396 g/mol. The Morgan fingerprint density at radius 3 is 2.56 bits per heavy atom. The maximum Gasteiger partial charge on any atom is 0.258 e. The summed E-state index contributed by atoms with van der Waals surface area (Å²) in [6, 6.07) is 5.28. The highest BCUT2D eigenvalue weighted by Gasteiger charge is 2.68. The van der Waals surface area contributed by atoms with Gasteiger partial charge in [0.05, 0.1) is 5.02 Å². The van der Waals surface area contributed by atoms with Gasteiger partial charge in [-0.25, -0.2) is 8.78 Å². The van der Waals surface area contributed by atoms with Crippen LogP contribution in [0.25, 0.3) is 0 Å². The van der Waals surface area contributed by atoms with Crippen LogP contribution in [0.4, 0.5) is 8.78 Å². The van der Waals surface area contributed by atoms with Crippen LogP contribution in [-0.4, -0.2) is 23.8 Å². The van der Waals surface area contributed by atoms with E-state index in [0.29, 0.717) is 25.7 Å². The second-order valence-electron chi connectivity index (χ2n) is 7.42. The van der Waals surface area contributed by atoms with Crippen LogP contribution in [0.3, 0.4) is 0 Å². The van der Waals surface area contributed by atoms with Gasteiger partial charge in [-0.05, 0) is 48.3 Å². The Balaban J connectivity index is 1.24. The third-order valence-electron chi connectivity index (χ3n) is 5.21. The quantitative estimate of drug-likeness (QED) is 0.688. The van der Waals surface area contributed by atoms with Crippen LogP contribution >= 0.6 is 22.9 Å². The predicted molar refractivity (Wildman–Crippen MR) is 97.3 cm³/mol. The number of ketones is 1. The Labute approximate surface area is 163 Å². The standard InChI is InChI=1S/C19H16ClF2NO3S/c20-12-2-1-11(5-14(12)22)26-7-16(25)23-19-8-18(9-19,10-19)6-15(24)17-13(21)3-4-27-17/h1-5H,6-10H2,(H,23,25). The third kappa shape index (κ3) is 3.46. The summed E-state index contributed by atoms with van der Waals surface area (Å²) in [6.07, 6.45) is 2.43. The number of hydrogen-bond acceptors (Lipinski definition) is 4. The Kier molecular flexibility index (Phi) is 4.47. The lowest BCUT2D eigenvalue weighted by Gasteiger charge is -2.70. The first-order valence-electron chi connectivity index (χ1n) is 8.45. The van der Waals surface area contributed by atoms with Crippen molar-refractivity contribution in [3.63, 3.8) is 0 Å². The number of halogens is 3. The Morgan fingerprint density at radius 1 is 1.19 bits per heavy atom. The fourth-order valence-corrected chi connectivity index (χ4v) is 5.10. The summed E-state index contributed by atoms with van der Waals surface area (Å²) in [5.74, 6) is -1.31. The van der Waals surface area contributed by atoms with Gasteiger partial charge < -0.3 is 10.1 Å². The van der Waals surface area contributed by atoms with Gasteiger partial charge in [-0.1, -0.05) is 11.6 Å². The van der Waals surface area contributed by atoms with Gasteiger partial charge in [-0.2, -0.15) is 0 Å². The summed E-state index contributed by atoms with van der Waals surface area (Å²) in [5.41, 5.74) is -0.416. The highest BCUT2D eigenvalue weighted by Crippen LogP contribution is 2.69. The molecule has 1 aromatic carbocycles. The lowest BCUT2D eigenvalue weighted by Crippen LogP contribution is -2.75. The molecule has 2 bridgehead atoms. The number of rotatable bonds is 7. The molecular formula is C19H16ClF2NO3S. The highest BCUT2D eigenvalue weighted by atomic mass is 35.5. The van der Waals surface area contributed by atoms with E-state index in [1.807, 2.05) is 0 Å². The first-order chi connectivity index (χ1) is 12.8. The van der Waals surface area contributed by atoms with Gasteiger partial charge in [0.1, 0.15) is 22.3 Å². The van der Waals surface area contributed by atoms with Crippen molar-refractivity contribution >= 4 is 34.6 Å². The Hall–Kier alpha value is -1.99. The molecule has 2 aromatic rings. The Morgan fingerprint density at radius 2 is 1.93 bits per heavy atom. The minimum Gasteiger partial charge on any atom is -0.484 e. The van der Waals surface area contributed by atoms with Gasteiger partial charge in [-0.15, -0.1) is 11.3 Å². The topological polar surface area (TPSA) is 55.4 Å². The third-order valence-corrected chi connectivity index (χ3v) is 6.45. The molecule has 4 nitrogen and oxygen atoms in total. The van der Waals surface area contributed by atoms with Crippen molar-refractivity contribution in [1.82, 2.24) is 5.32 Å². The fourth-order valence-electron chi connectivity index (χ4n) is 4.28. The number of carbonyl (C=O) groups is 2. The molecule has 1 amide bonds. The van der Waals surface area contributed by atoms with Crippen LogP contribution in [0.15, 0.2) is 29.6 Å². The van der Waals surface area contributed by atoms with Crippen molar-refractivity contribution in [3.8, 4) is 5.75 Å². The molecule has 1 aromatic heterocycles. The maximum atomic E-state index is 13.5. The van der Waals surface area contributed by atoms with E-state index in [4.69, 9.17) is 16.3 Å². The van der Waals surface area contributed by atoms with Crippen LogP contribution in [0.5, 0.6) is 5.75 Å². The van der Waals surface area contributed by atoms with E-state index in [2.05, 4.69) is 5.32 Å². The number of benzene rings is 1. The van der Waals surface area contributed by atoms with Gasteiger partial charge in [0, 0.05) is 18.0 Å². The summed E-state index contributed by atoms with van der Waals surface area (Å²) < 4.78 is 32.2. The van der Waals surface area contributed by atoms with Crippen molar-refractivity contribution in [3.05, 3.63) is 51.2 Å². The van der Waals surface area contributed by atoms with Gasteiger partial charge in [-0.3, -0.25) is 9.59 Å². The van der Waals surface area contributed by atoms with Crippen LogP contribution in [0.1, 0.15) is 35.4 Å². The minimum absolute atomic E-state index is 0.0112. The monoisotopic (exact) mass is 411 g/mol. The van der Waals surface area contributed by atoms with Crippen molar-refractivity contribution in [2.75, 3.05) is 6.61 Å². The van der Waals surface area contributed by atoms with Gasteiger partial charge in [0.2, 0.25) is 0 Å². The normalized spacial score (nSPS) is 25.3. The molecule has 3 saturated carbocycles. The molecule has 8 heteroatoms. The Bertz CT molecular complexity index is 910. The van der Waals surface area contributed by atoms with Crippen molar-refractivity contribution < 1.29 is 23.1 Å². The number of hydrogen-bond donors (Lipinski definition) is 1. The molecule has 5 rings (SSSR count). The van der Waals surface area contributed by atoms with Gasteiger partial charge >= 0.3 is 0 Å². The fraction of sp³-hybridized carbons (Fsp3) is 0.368. The van der Waals surface area contributed by atoms with E-state index in [1.54, 1.807) is 5.38 Å². The summed E-state index contributed by atoms with van der Waals surface area (Å²) >= 11 is 6.72. The molecule has 3 fully saturated rings. The smallest absolute Gasteiger partial charge is 0.258 e. The average molecular weight is 412 g/mol. The largest absolute Gasteiger partial charge is 0.484 e. The zero-order valence-corrected chi connectivity index (χ0v) is 15.8. The molecule has 3 aliphatic rings. The number of thiophene rings is 1. The predicted octanol–water partition coefficient (Wildman–Crippen LogP) is 4.37. The second-order valence-corrected chi connectivity index (χ2v) is 8.74. The maximum absolute atomic E-state index is 13.5. The first kappa shape index (κ1) is 18.4. The molecule has 142 valence electrons. The van der Waals surface area contributed by atoms with Gasteiger partial charge in [0.15, 0.2) is 12.4 Å². The van der Waals surface area contributed by atoms with Crippen LogP contribution in [0.2, 0.25) is 5.02 Å². The summed E-state index contributed by atoms with van der Waals surface area (Å²) in [6.45, 7) is -0.227. The van der Waals surface area contributed by atoms with E-state index in [0.717, 1.165) is 17.4 Å². The molecule has 0 unspecified atom stereocenters. The van der Waals surface area contributed by atoms with E-state index in [1.165, 1.54) is 18.2 Å². The van der Waals surface area contributed by atoms with Gasteiger partial charge in [0.25, 0.3) is 5.91 Å². The van der Waals surface area contributed by atoms with Crippen LogP contribution in [-0.2, 0) is 4.79 Å².